The van der Waals surface area contributed by atoms with E-state index in [1.54, 1.807) is 0 Å². The van der Waals surface area contributed by atoms with Crippen LogP contribution >= 0.6 is 12.2 Å². The smallest absolute Gasteiger partial charge is 0.172 e. The summed E-state index contributed by atoms with van der Waals surface area (Å²) in [6, 6.07) is 10.5. The summed E-state index contributed by atoms with van der Waals surface area (Å²) in [5, 5.41) is 6.97. The first kappa shape index (κ1) is 15.4. The summed E-state index contributed by atoms with van der Waals surface area (Å²) in [5.74, 6) is 0.755. The number of aromatic nitrogens is 1. The molecule has 0 amide bonds. The van der Waals surface area contributed by atoms with Crippen molar-refractivity contribution in [3.05, 3.63) is 58.8 Å². The first-order chi connectivity index (χ1) is 9.95. The number of anilines is 1. The van der Waals surface area contributed by atoms with Gasteiger partial charge in [0.05, 0.1) is 6.04 Å². The number of nitrogens with zero attached hydrogens (tertiary/aromatic N) is 1. The van der Waals surface area contributed by atoms with E-state index < -0.39 is 0 Å². The van der Waals surface area contributed by atoms with E-state index in [1.165, 1.54) is 16.7 Å². The first-order valence-electron chi connectivity index (χ1n) is 7.03. The number of hydrogen-bond acceptors (Lipinski definition) is 2. The second-order valence-corrected chi connectivity index (χ2v) is 5.79. The van der Waals surface area contributed by atoms with Crippen LogP contribution in [-0.2, 0) is 0 Å². The van der Waals surface area contributed by atoms with Crippen molar-refractivity contribution in [3.8, 4) is 0 Å². The summed E-state index contributed by atoms with van der Waals surface area (Å²) in [7, 11) is 0. The largest absolute Gasteiger partial charge is 0.356 e. The second-order valence-electron chi connectivity index (χ2n) is 5.38. The molecule has 110 valence electrons. The van der Waals surface area contributed by atoms with Gasteiger partial charge in [-0.3, -0.25) is 0 Å². The fourth-order valence-corrected chi connectivity index (χ4v) is 2.29. The van der Waals surface area contributed by atoms with Crippen LogP contribution in [0.5, 0.6) is 0 Å². The summed E-state index contributed by atoms with van der Waals surface area (Å²) < 4.78 is 0. The third-order valence-electron chi connectivity index (χ3n) is 3.53. The van der Waals surface area contributed by atoms with Crippen LogP contribution in [0.4, 0.5) is 5.82 Å². The minimum Gasteiger partial charge on any atom is -0.356 e. The van der Waals surface area contributed by atoms with Crippen LogP contribution in [0.2, 0.25) is 0 Å². The molecule has 2 aromatic rings. The van der Waals surface area contributed by atoms with E-state index in [1.807, 2.05) is 25.3 Å². The molecule has 1 atom stereocenters. The van der Waals surface area contributed by atoms with Crippen molar-refractivity contribution >= 4 is 23.1 Å². The molecule has 21 heavy (non-hydrogen) atoms. The SMILES string of the molecule is Cc1ccc(NC(=S)NC(C)c2ccc(C)c(C)c2)nc1. The maximum atomic E-state index is 5.34. The predicted octanol–water partition coefficient (Wildman–Crippen LogP) is 4.05. The van der Waals surface area contributed by atoms with Gasteiger partial charge in [-0.15, -0.1) is 0 Å². The van der Waals surface area contributed by atoms with Crippen molar-refractivity contribution in [2.75, 3.05) is 5.32 Å². The molecule has 1 unspecified atom stereocenters. The zero-order valence-electron chi connectivity index (χ0n) is 12.9. The van der Waals surface area contributed by atoms with Gasteiger partial charge >= 0.3 is 0 Å². The molecule has 1 aromatic heterocycles. The monoisotopic (exact) mass is 299 g/mol. The molecule has 1 heterocycles. The third-order valence-corrected chi connectivity index (χ3v) is 3.75. The van der Waals surface area contributed by atoms with Crippen molar-refractivity contribution in [1.29, 1.82) is 0 Å². The van der Waals surface area contributed by atoms with E-state index in [0.29, 0.717) is 5.11 Å². The lowest BCUT2D eigenvalue weighted by atomic mass is 10.0. The highest BCUT2D eigenvalue weighted by atomic mass is 32.1. The molecule has 0 saturated heterocycles. The van der Waals surface area contributed by atoms with Gasteiger partial charge in [0.25, 0.3) is 0 Å². The molecule has 0 spiro atoms. The van der Waals surface area contributed by atoms with Crippen LogP contribution in [0.15, 0.2) is 36.5 Å². The quantitative estimate of drug-likeness (QED) is 0.838. The van der Waals surface area contributed by atoms with E-state index in [2.05, 4.69) is 54.6 Å². The molecule has 1 aromatic carbocycles. The molecular weight excluding hydrogens is 278 g/mol. The van der Waals surface area contributed by atoms with Crippen LogP contribution in [0.25, 0.3) is 0 Å². The Morgan fingerprint density at radius 1 is 1.10 bits per heavy atom. The molecule has 0 aliphatic heterocycles. The van der Waals surface area contributed by atoms with Crippen molar-refractivity contribution in [3.63, 3.8) is 0 Å². The van der Waals surface area contributed by atoms with Gasteiger partial charge in [-0.1, -0.05) is 24.3 Å². The maximum absolute atomic E-state index is 5.34. The zero-order valence-corrected chi connectivity index (χ0v) is 13.7. The minimum absolute atomic E-state index is 0.148. The highest BCUT2D eigenvalue weighted by molar-refractivity contribution is 7.80. The Bertz CT molecular complexity index is 635. The normalized spacial score (nSPS) is 11.8. The number of rotatable bonds is 3. The summed E-state index contributed by atoms with van der Waals surface area (Å²) in [4.78, 5) is 4.29. The number of nitrogens with one attached hydrogen (secondary N) is 2. The molecule has 0 fully saturated rings. The predicted molar refractivity (Wildman–Crippen MR) is 92.7 cm³/mol. The van der Waals surface area contributed by atoms with Gasteiger partial charge in [-0.2, -0.15) is 0 Å². The highest BCUT2D eigenvalue weighted by Crippen LogP contribution is 2.17. The van der Waals surface area contributed by atoms with Crippen LogP contribution in [0.1, 0.15) is 35.2 Å². The molecule has 0 aliphatic carbocycles. The number of pyridine rings is 1. The van der Waals surface area contributed by atoms with Crippen molar-refractivity contribution in [2.24, 2.45) is 0 Å². The summed E-state index contributed by atoms with van der Waals surface area (Å²) in [5.41, 5.74) is 4.94. The van der Waals surface area contributed by atoms with Gasteiger partial charge in [0.1, 0.15) is 5.82 Å². The molecule has 0 aliphatic rings. The fourth-order valence-electron chi connectivity index (χ4n) is 2.01. The number of benzene rings is 1. The lowest BCUT2D eigenvalue weighted by Gasteiger charge is -2.18. The third kappa shape index (κ3) is 4.26. The van der Waals surface area contributed by atoms with E-state index in [9.17, 15) is 0 Å². The maximum Gasteiger partial charge on any atom is 0.172 e. The molecular formula is C17H21N3S. The van der Waals surface area contributed by atoms with Crippen molar-refractivity contribution < 1.29 is 0 Å². The fraction of sp³-hybridized carbons (Fsp3) is 0.294. The van der Waals surface area contributed by atoms with Crippen LogP contribution < -0.4 is 10.6 Å². The second kappa shape index (κ2) is 6.68. The minimum atomic E-state index is 0.148. The van der Waals surface area contributed by atoms with Crippen LogP contribution in [0, 0.1) is 20.8 Å². The Kier molecular flexibility index (Phi) is 4.91. The Morgan fingerprint density at radius 2 is 1.86 bits per heavy atom. The first-order valence-corrected chi connectivity index (χ1v) is 7.44. The average molecular weight is 299 g/mol. The Labute approximate surface area is 131 Å². The van der Waals surface area contributed by atoms with Gasteiger partial charge in [-0.05, 0) is 68.2 Å². The standard InChI is InChI=1S/C17H21N3S/c1-11-5-8-16(18-10-11)20-17(21)19-14(4)15-7-6-12(2)13(3)9-15/h5-10,14H,1-4H3,(H2,18,19,20,21). The van der Waals surface area contributed by atoms with Gasteiger partial charge in [0.2, 0.25) is 0 Å². The molecule has 2 N–H and O–H groups in total. The van der Waals surface area contributed by atoms with Gasteiger partial charge < -0.3 is 10.6 Å². The number of aryl methyl sites for hydroxylation is 3. The highest BCUT2D eigenvalue weighted by Gasteiger charge is 2.08. The van der Waals surface area contributed by atoms with Gasteiger partial charge in [0.15, 0.2) is 5.11 Å². The summed E-state index contributed by atoms with van der Waals surface area (Å²) in [6.45, 7) is 8.35. The zero-order chi connectivity index (χ0) is 15.4. The number of hydrogen-bond donors (Lipinski definition) is 2. The lowest BCUT2D eigenvalue weighted by molar-refractivity contribution is 0.721. The Hall–Kier alpha value is -1.94. The number of thiocarbonyl (C=S) groups is 1. The van der Waals surface area contributed by atoms with Crippen LogP contribution in [-0.4, -0.2) is 10.1 Å². The van der Waals surface area contributed by atoms with E-state index >= 15 is 0 Å². The molecule has 2 rings (SSSR count). The van der Waals surface area contributed by atoms with Crippen molar-refractivity contribution in [2.45, 2.75) is 33.7 Å². The Balaban J connectivity index is 1.98. The Morgan fingerprint density at radius 3 is 2.48 bits per heavy atom. The molecule has 4 heteroatoms. The summed E-state index contributed by atoms with van der Waals surface area (Å²) in [6.07, 6.45) is 1.82. The molecule has 3 nitrogen and oxygen atoms in total. The summed E-state index contributed by atoms with van der Waals surface area (Å²) >= 11 is 5.34. The van der Waals surface area contributed by atoms with E-state index in [-0.39, 0.29) is 6.04 Å². The van der Waals surface area contributed by atoms with E-state index in [0.717, 1.165) is 11.4 Å². The van der Waals surface area contributed by atoms with Crippen LogP contribution in [0.3, 0.4) is 0 Å². The van der Waals surface area contributed by atoms with Gasteiger partial charge in [0, 0.05) is 6.20 Å². The topological polar surface area (TPSA) is 37.0 Å². The molecule has 0 saturated carbocycles. The average Bonchev–Trinajstić information content (AvgIpc) is 2.44. The van der Waals surface area contributed by atoms with Gasteiger partial charge in [-0.25, -0.2) is 4.98 Å². The van der Waals surface area contributed by atoms with E-state index in [4.69, 9.17) is 12.2 Å². The lowest BCUT2D eigenvalue weighted by Crippen LogP contribution is -2.31. The molecule has 0 bridgehead atoms. The van der Waals surface area contributed by atoms with Crippen molar-refractivity contribution in [1.82, 2.24) is 10.3 Å². The molecule has 0 radical (unpaired) electrons.